The molecule has 3 heteroatoms. The SMILES string of the molecule is CCN(c1cc(Cl)ccc1CC(C)N)C(C)C. The summed E-state index contributed by atoms with van der Waals surface area (Å²) in [4.78, 5) is 2.35. The van der Waals surface area contributed by atoms with Crippen LogP contribution in [0.1, 0.15) is 33.3 Å². The van der Waals surface area contributed by atoms with E-state index in [1.54, 1.807) is 0 Å². The fourth-order valence-corrected chi connectivity index (χ4v) is 2.30. The molecule has 96 valence electrons. The Hall–Kier alpha value is -0.730. The van der Waals surface area contributed by atoms with Crippen LogP contribution in [-0.4, -0.2) is 18.6 Å². The summed E-state index contributed by atoms with van der Waals surface area (Å²) in [5, 5.41) is 0.785. The van der Waals surface area contributed by atoms with Crippen LogP contribution in [0.2, 0.25) is 5.02 Å². The Morgan fingerprint density at radius 2 is 1.94 bits per heavy atom. The quantitative estimate of drug-likeness (QED) is 0.872. The van der Waals surface area contributed by atoms with Gasteiger partial charge in [-0.25, -0.2) is 0 Å². The van der Waals surface area contributed by atoms with E-state index in [9.17, 15) is 0 Å². The minimum Gasteiger partial charge on any atom is -0.369 e. The molecule has 0 aromatic heterocycles. The molecule has 0 aliphatic rings. The number of nitrogens with two attached hydrogens (primary N) is 1. The standard InChI is InChI=1S/C14H23ClN2/c1-5-17(10(2)3)14-9-13(15)7-6-12(14)8-11(4)16/h6-7,9-11H,5,8,16H2,1-4H3. The summed E-state index contributed by atoms with van der Waals surface area (Å²) in [6.45, 7) is 9.56. The van der Waals surface area contributed by atoms with E-state index >= 15 is 0 Å². The summed E-state index contributed by atoms with van der Waals surface area (Å²) < 4.78 is 0. The zero-order valence-electron chi connectivity index (χ0n) is 11.2. The van der Waals surface area contributed by atoms with Gasteiger partial charge in [0.25, 0.3) is 0 Å². The number of halogens is 1. The molecule has 0 bridgehead atoms. The first-order chi connectivity index (χ1) is 7.95. The summed E-state index contributed by atoms with van der Waals surface area (Å²) in [6, 6.07) is 6.71. The van der Waals surface area contributed by atoms with Gasteiger partial charge in [-0.15, -0.1) is 0 Å². The maximum absolute atomic E-state index is 6.10. The van der Waals surface area contributed by atoms with Gasteiger partial charge in [0.1, 0.15) is 0 Å². The number of nitrogens with zero attached hydrogens (tertiary/aromatic N) is 1. The summed E-state index contributed by atoms with van der Waals surface area (Å²) in [6.07, 6.45) is 0.885. The Kier molecular flexibility index (Phi) is 5.29. The number of benzene rings is 1. The van der Waals surface area contributed by atoms with Gasteiger partial charge >= 0.3 is 0 Å². The fourth-order valence-electron chi connectivity index (χ4n) is 2.14. The molecule has 0 amide bonds. The van der Waals surface area contributed by atoms with Crippen molar-refractivity contribution in [3.8, 4) is 0 Å². The first kappa shape index (κ1) is 14.3. The van der Waals surface area contributed by atoms with E-state index < -0.39 is 0 Å². The molecule has 1 rings (SSSR count). The largest absolute Gasteiger partial charge is 0.369 e. The van der Waals surface area contributed by atoms with Crippen molar-refractivity contribution in [3.63, 3.8) is 0 Å². The van der Waals surface area contributed by atoms with E-state index in [0.29, 0.717) is 6.04 Å². The van der Waals surface area contributed by atoms with Gasteiger partial charge in [-0.3, -0.25) is 0 Å². The molecule has 0 saturated carbocycles. The zero-order chi connectivity index (χ0) is 13.0. The monoisotopic (exact) mass is 254 g/mol. The van der Waals surface area contributed by atoms with Gasteiger partial charge in [0.2, 0.25) is 0 Å². The van der Waals surface area contributed by atoms with Gasteiger partial charge < -0.3 is 10.6 Å². The number of hydrogen-bond donors (Lipinski definition) is 1. The van der Waals surface area contributed by atoms with Crippen LogP contribution in [0.3, 0.4) is 0 Å². The zero-order valence-corrected chi connectivity index (χ0v) is 12.0. The first-order valence-corrected chi connectivity index (χ1v) is 6.64. The Morgan fingerprint density at radius 1 is 1.29 bits per heavy atom. The van der Waals surface area contributed by atoms with Crippen molar-refractivity contribution in [3.05, 3.63) is 28.8 Å². The minimum absolute atomic E-state index is 0.167. The van der Waals surface area contributed by atoms with Crippen LogP contribution in [-0.2, 0) is 6.42 Å². The van der Waals surface area contributed by atoms with Crippen LogP contribution in [0.4, 0.5) is 5.69 Å². The van der Waals surface area contributed by atoms with E-state index in [1.807, 2.05) is 19.1 Å². The first-order valence-electron chi connectivity index (χ1n) is 6.26. The Bertz CT molecular complexity index is 361. The third-order valence-electron chi connectivity index (χ3n) is 2.86. The van der Waals surface area contributed by atoms with E-state index in [-0.39, 0.29) is 6.04 Å². The molecule has 1 aromatic carbocycles. The average Bonchev–Trinajstić information content (AvgIpc) is 2.22. The summed E-state index contributed by atoms with van der Waals surface area (Å²) in [5.74, 6) is 0. The maximum atomic E-state index is 6.10. The number of rotatable bonds is 5. The van der Waals surface area contributed by atoms with Gasteiger partial charge in [0.05, 0.1) is 0 Å². The highest BCUT2D eigenvalue weighted by molar-refractivity contribution is 6.30. The van der Waals surface area contributed by atoms with Crippen LogP contribution in [0.25, 0.3) is 0 Å². The molecule has 2 nitrogen and oxygen atoms in total. The Morgan fingerprint density at radius 3 is 2.41 bits per heavy atom. The molecule has 0 aliphatic carbocycles. The summed E-state index contributed by atoms with van der Waals surface area (Å²) in [7, 11) is 0. The van der Waals surface area contributed by atoms with Crippen molar-refractivity contribution in [2.45, 2.75) is 46.2 Å². The van der Waals surface area contributed by atoms with E-state index in [2.05, 4.69) is 31.7 Å². The van der Waals surface area contributed by atoms with Crippen LogP contribution in [0.5, 0.6) is 0 Å². The van der Waals surface area contributed by atoms with E-state index in [1.165, 1.54) is 11.3 Å². The molecule has 1 atom stereocenters. The molecule has 0 heterocycles. The van der Waals surface area contributed by atoms with Gasteiger partial charge in [-0.05, 0) is 51.8 Å². The van der Waals surface area contributed by atoms with Crippen LogP contribution < -0.4 is 10.6 Å². The topological polar surface area (TPSA) is 29.3 Å². The lowest BCUT2D eigenvalue weighted by molar-refractivity contribution is 0.687. The number of hydrogen-bond acceptors (Lipinski definition) is 2. The second kappa shape index (κ2) is 6.27. The highest BCUT2D eigenvalue weighted by Crippen LogP contribution is 2.27. The summed E-state index contributed by atoms with van der Waals surface area (Å²) in [5.41, 5.74) is 8.39. The molecule has 0 saturated heterocycles. The highest BCUT2D eigenvalue weighted by atomic mass is 35.5. The van der Waals surface area contributed by atoms with E-state index in [4.69, 9.17) is 17.3 Å². The smallest absolute Gasteiger partial charge is 0.0426 e. The maximum Gasteiger partial charge on any atom is 0.0426 e. The highest BCUT2D eigenvalue weighted by Gasteiger charge is 2.14. The second-order valence-electron chi connectivity index (χ2n) is 4.83. The van der Waals surface area contributed by atoms with E-state index in [0.717, 1.165) is 18.0 Å². The molecule has 17 heavy (non-hydrogen) atoms. The van der Waals surface area contributed by atoms with Gasteiger partial charge in [0, 0.05) is 29.3 Å². The lowest BCUT2D eigenvalue weighted by atomic mass is 10.0. The van der Waals surface area contributed by atoms with Gasteiger partial charge in [0.15, 0.2) is 0 Å². The molecule has 2 N–H and O–H groups in total. The minimum atomic E-state index is 0.167. The third-order valence-corrected chi connectivity index (χ3v) is 3.10. The molecular formula is C14H23ClN2. The van der Waals surface area contributed by atoms with Crippen molar-refractivity contribution < 1.29 is 0 Å². The average molecular weight is 255 g/mol. The second-order valence-corrected chi connectivity index (χ2v) is 5.27. The van der Waals surface area contributed by atoms with Gasteiger partial charge in [-0.2, -0.15) is 0 Å². The van der Waals surface area contributed by atoms with Crippen LogP contribution >= 0.6 is 11.6 Å². The van der Waals surface area contributed by atoms with Crippen molar-refractivity contribution in [1.82, 2.24) is 0 Å². The van der Waals surface area contributed by atoms with Crippen molar-refractivity contribution >= 4 is 17.3 Å². The predicted molar refractivity (Wildman–Crippen MR) is 77.0 cm³/mol. The van der Waals surface area contributed by atoms with Crippen molar-refractivity contribution in [1.29, 1.82) is 0 Å². The molecule has 0 spiro atoms. The molecule has 0 radical (unpaired) electrons. The molecule has 1 unspecified atom stereocenters. The lowest BCUT2D eigenvalue weighted by Gasteiger charge is -2.30. The summed E-state index contributed by atoms with van der Waals surface area (Å²) >= 11 is 6.10. The third kappa shape index (κ3) is 3.90. The van der Waals surface area contributed by atoms with Crippen LogP contribution in [0, 0.1) is 0 Å². The Labute approximate surface area is 110 Å². The molecule has 0 aliphatic heterocycles. The number of anilines is 1. The molecular weight excluding hydrogens is 232 g/mol. The van der Waals surface area contributed by atoms with Crippen molar-refractivity contribution in [2.24, 2.45) is 5.73 Å². The predicted octanol–water partition coefficient (Wildman–Crippen LogP) is 3.46. The van der Waals surface area contributed by atoms with Gasteiger partial charge in [-0.1, -0.05) is 17.7 Å². The Balaban J connectivity index is 3.13. The van der Waals surface area contributed by atoms with Crippen molar-refractivity contribution in [2.75, 3.05) is 11.4 Å². The molecule has 1 aromatic rings. The lowest BCUT2D eigenvalue weighted by Crippen LogP contribution is -2.32. The van der Waals surface area contributed by atoms with Crippen LogP contribution in [0.15, 0.2) is 18.2 Å². The molecule has 0 fully saturated rings. The normalized spacial score (nSPS) is 12.9. The fraction of sp³-hybridized carbons (Fsp3) is 0.571.